The Morgan fingerprint density at radius 2 is 1.73 bits per heavy atom. The van der Waals surface area contributed by atoms with Crippen LogP contribution in [-0.4, -0.2) is 31.2 Å². The Kier molecular flexibility index (Phi) is 7.79. The van der Waals surface area contributed by atoms with Crippen molar-refractivity contribution in [3.63, 3.8) is 0 Å². The highest BCUT2D eigenvalue weighted by atomic mass is 79.9. The molecule has 0 bridgehead atoms. The van der Waals surface area contributed by atoms with Crippen LogP contribution in [0.3, 0.4) is 0 Å². The van der Waals surface area contributed by atoms with Crippen molar-refractivity contribution in [2.24, 2.45) is 0 Å². The minimum Gasteiger partial charge on any atom is -0.496 e. The Bertz CT molecular complexity index is 1030. The molecule has 182 valence electrons. The summed E-state index contributed by atoms with van der Waals surface area (Å²) < 4.78 is 116. The van der Waals surface area contributed by atoms with E-state index in [0.717, 1.165) is 0 Å². The number of carbonyl (C=O) groups excluding carboxylic acids is 1. The van der Waals surface area contributed by atoms with Gasteiger partial charge in [-0.15, -0.1) is 0 Å². The van der Waals surface area contributed by atoms with Gasteiger partial charge in [0.15, 0.2) is 5.75 Å². The van der Waals surface area contributed by atoms with E-state index in [1.165, 1.54) is 19.2 Å². The van der Waals surface area contributed by atoms with Crippen LogP contribution >= 0.6 is 27.5 Å². The average Bonchev–Trinajstić information content (AvgIpc) is 2.67. The maximum atomic E-state index is 14.7. The van der Waals surface area contributed by atoms with E-state index >= 15 is 0 Å². The van der Waals surface area contributed by atoms with Crippen molar-refractivity contribution in [2.45, 2.75) is 30.8 Å². The van der Waals surface area contributed by atoms with Crippen LogP contribution in [-0.2, 0) is 5.67 Å². The van der Waals surface area contributed by atoms with Gasteiger partial charge in [-0.25, -0.2) is 4.39 Å². The first-order valence-electron chi connectivity index (χ1n) is 8.60. The summed E-state index contributed by atoms with van der Waals surface area (Å²) in [6, 6.07) is 4.51. The molecule has 0 spiro atoms. The molecule has 0 aromatic heterocycles. The summed E-state index contributed by atoms with van der Waals surface area (Å²) in [5, 5.41) is -3.41. The number of aryl methyl sites for hydroxylation is 1. The van der Waals surface area contributed by atoms with Gasteiger partial charge in [0.25, 0.3) is 5.91 Å². The van der Waals surface area contributed by atoms with E-state index in [1.54, 1.807) is 13.0 Å². The van der Waals surface area contributed by atoms with Crippen molar-refractivity contribution < 1.29 is 49.4 Å². The van der Waals surface area contributed by atoms with Gasteiger partial charge in [0.05, 0.1) is 18.4 Å². The molecule has 0 aliphatic heterocycles. The molecule has 1 amide bonds. The molecular formula is C19H13BrClF8NO3. The molecule has 2 aromatic carbocycles. The number of methoxy groups -OCH3 is 1. The first kappa shape index (κ1) is 27.0. The molecule has 0 aliphatic carbocycles. The van der Waals surface area contributed by atoms with Crippen LogP contribution in [0.1, 0.15) is 21.5 Å². The van der Waals surface area contributed by atoms with Crippen molar-refractivity contribution in [3.8, 4) is 11.5 Å². The van der Waals surface area contributed by atoms with E-state index in [-0.39, 0.29) is 23.4 Å². The highest BCUT2D eigenvalue weighted by molar-refractivity contribution is 9.10. The van der Waals surface area contributed by atoms with Gasteiger partial charge in [0.2, 0.25) is 0 Å². The standard InChI is InChI=1S/C19H13BrClF8NO3/c1-8-4-3-5-10(14(8)32-2)15(31)30-13-11(20)6-9(7-12(13)33-16(22)23)17(24,18(21,25)26)19(27,28)29/h3-7,16H,1-2H3,(H,30,31). The van der Waals surface area contributed by atoms with Crippen molar-refractivity contribution in [1.82, 2.24) is 0 Å². The number of ether oxygens (including phenoxy) is 2. The second kappa shape index (κ2) is 9.53. The number of carbonyl (C=O) groups is 1. The molecule has 4 nitrogen and oxygen atoms in total. The first-order valence-corrected chi connectivity index (χ1v) is 9.77. The van der Waals surface area contributed by atoms with Crippen LogP contribution < -0.4 is 14.8 Å². The minimum absolute atomic E-state index is 0.0518. The van der Waals surface area contributed by atoms with Gasteiger partial charge in [0.1, 0.15) is 5.75 Å². The van der Waals surface area contributed by atoms with Crippen molar-refractivity contribution in [2.75, 3.05) is 12.4 Å². The maximum absolute atomic E-state index is 14.7. The monoisotopic (exact) mass is 569 g/mol. The summed E-state index contributed by atoms with van der Waals surface area (Å²) >= 11 is 7.08. The second-order valence-corrected chi connectivity index (χ2v) is 7.80. The number of alkyl halides is 9. The Morgan fingerprint density at radius 3 is 2.21 bits per heavy atom. The molecule has 1 N–H and O–H groups in total. The van der Waals surface area contributed by atoms with Crippen LogP contribution in [0.2, 0.25) is 0 Å². The van der Waals surface area contributed by atoms with E-state index < -0.39 is 51.2 Å². The zero-order valence-corrected chi connectivity index (χ0v) is 18.8. The van der Waals surface area contributed by atoms with Crippen LogP contribution in [0.4, 0.5) is 40.8 Å². The van der Waals surface area contributed by atoms with E-state index in [0.29, 0.717) is 5.56 Å². The summed E-state index contributed by atoms with van der Waals surface area (Å²) in [6.07, 6.45) is -6.25. The van der Waals surface area contributed by atoms with Gasteiger partial charge in [0, 0.05) is 10.0 Å². The van der Waals surface area contributed by atoms with Gasteiger partial charge in [-0.1, -0.05) is 12.1 Å². The molecule has 0 fully saturated rings. The summed E-state index contributed by atoms with van der Waals surface area (Å²) in [6.45, 7) is -2.08. The normalized spacial score (nSPS) is 14.1. The Labute approximate surface area is 194 Å². The number of anilines is 1. The topological polar surface area (TPSA) is 47.6 Å². The van der Waals surface area contributed by atoms with Crippen molar-refractivity contribution >= 4 is 39.1 Å². The largest absolute Gasteiger partial charge is 0.496 e. The quantitative estimate of drug-likeness (QED) is 0.283. The fourth-order valence-corrected chi connectivity index (χ4v) is 3.62. The van der Waals surface area contributed by atoms with Gasteiger partial charge in [-0.05, 0) is 58.2 Å². The predicted octanol–water partition coefficient (Wildman–Crippen LogP) is 7.18. The summed E-state index contributed by atoms with van der Waals surface area (Å²) in [5.74, 6) is -2.12. The molecule has 2 rings (SSSR count). The molecule has 0 heterocycles. The molecule has 0 radical (unpaired) electrons. The molecule has 14 heteroatoms. The van der Waals surface area contributed by atoms with Crippen LogP contribution in [0, 0.1) is 6.92 Å². The summed E-state index contributed by atoms with van der Waals surface area (Å²) in [4.78, 5) is 12.7. The lowest BCUT2D eigenvalue weighted by atomic mass is 9.94. The summed E-state index contributed by atoms with van der Waals surface area (Å²) in [5.41, 5.74) is -7.59. The zero-order valence-electron chi connectivity index (χ0n) is 16.5. The lowest BCUT2D eigenvalue weighted by Gasteiger charge is -2.32. The molecule has 0 saturated carbocycles. The van der Waals surface area contributed by atoms with Gasteiger partial charge in [-0.2, -0.15) is 30.7 Å². The van der Waals surface area contributed by atoms with Gasteiger partial charge >= 0.3 is 23.8 Å². The number of benzene rings is 2. The number of rotatable bonds is 7. The number of amides is 1. The lowest BCUT2D eigenvalue weighted by Crippen LogP contribution is -2.49. The molecule has 0 saturated heterocycles. The lowest BCUT2D eigenvalue weighted by molar-refractivity contribution is -0.286. The van der Waals surface area contributed by atoms with Crippen LogP contribution in [0.25, 0.3) is 0 Å². The molecular weight excluding hydrogens is 558 g/mol. The molecule has 1 unspecified atom stereocenters. The minimum atomic E-state index is -6.25. The molecule has 2 aromatic rings. The highest BCUT2D eigenvalue weighted by Crippen LogP contribution is 2.56. The second-order valence-electron chi connectivity index (χ2n) is 6.47. The predicted molar refractivity (Wildman–Crippen MR) is 106 cm³/mol. The SMILES string of the molecule is COc1c(C)cccc1C(=O)Nc1c(Br)cc(C(F)(C(F)(F)F)C(F)(F)Cl)cc1OC(F)F. The van der Waals surface area contributed by atoms with E-state index in [9.17, 15) is 39.9 Å². The third-order valence-corrected chi connectivity index (χ3v) is 5.23. The third-order valence-electron chi connectivity index (χ3n) is 4.35. The van der Waals surface area contributed by atoms with E-state index in [4.69, 9.17) is 4.74 Å². The Hall–Kier alpha value is -2.28. The average molecular weight is 571 g/mol. The fourth-order valence-electron chi connectivity index (χ4n) is 2.86. The molecule has 1 atom stereocenters. The molecule has 0 aliphatic rings. The van der Waals surface area contributed by atoms with Gasteiger partial charge in [-0.3, -0.25) is 4.79 Å². The first-order chi connectivity index (χ1) is 15.0. The van der Waals surface area contributed by atoms with Crippen LogP contribution in [0.15, 0.2) is 34.8 Å². The number of nitrogens with one attached hydrogen (secondary N) is 1. The van der Waals surface area contributed by atoms with E-state index in [1.807, 2.05) is 0 Å². The van der Waals surface area contributed by atoms with Crippen LogP contribution in [0.5, 0.6) is 11.5 Å². The highest BCUT2D eigenvalue weighted by Gasteiger charge is 2.72. The van der Waals surface area contributed by atoms with E-state index in [2.05, 4.69) is 37.6 Å². The number of hydrogen-bond donors (Lipinski definition) is 1. The van der Waals surface area contributed by atoms with Gasteiger partial charge < -0.3 is 14.8 Å². The smallest absolute Gasteiger partial charge is 0.434 e. The van der Waals surface area contributed by atoms with Crippen molar-refractivity contribution in [3.05, 3.63) is 51.5 Å². The zero-order chi connectivity index (χ0) is 25.4. The Morgan fingerprint density at radius 1 is 1.12 bits per heavy atom. The maximum Gasteiger partial charge on any atom is 0.434 e. The van der Waals surface area contributed by atoms with Crippen molar-refractivity contribution in [1.29, 1.82) is 0 Å². The molecule has 33 heavy (non-hydrogen) atoms. The fraction of sp³-hybridized carbons (Fsp3) is 0.316. The number of halogens is 10. The number of hydrogen-bond acceptors (Lipinski definition) is 3. The number of para-hydroxylation sites is 1. The third kappa shape index (κ3) is 5.29. The Balaban J connectivity index is 2.67. The summed E-state index contributed by atoms with van der Waals surface area (Å²) in [7, 11) is 1.25.